The van der Waals surface area contributed by atoms with Gasteiger partial charge in [0.25, 0.3) is 11.1 Å². The van der Waals surface area contributed by atoms with E-state index in [4.69, 9.17) is 4.74 Å². The fourth-order valence-electron chi connectivity index (χ4n) is 5.47. The van der Waals surface area contributed by atoms with E-state index in [9.17, 15) is 41.8 Å². The fraction of sp³-hybridized carbons (Fsp3) is 0.625. The second-order valence-corrected chi connectivity index (χ2v) is 11.7. The van der Waals surface area contributed by atoms with Gasteiger partial charge < -0.3 is 9.84 Å². The number of carboxylic acids is 1. The first kappa shape index (κ1) is 36.9. The van der Waals surface area contributed by atoms with E-state index >= 15 is 0 Å². The third-order valence-electron chi connectivity index (χ3n) is 8.01. The maximum Gasteiger partial charge on any atom is 0.329 e. The number of carboxylic acid groups (broad SMARTS) is 1. The molecule has 10 nitrogen and oxygen atoms in total. The van der Waals surface area contributed by atoms with Crippen LogP contribution in [0.3, 0.4) is 0 Å². The topological polar surface area (TPSA) is 114 Å². The number of carbonyl (C=O) groups excluding carboxylic acids is 1. The highest BCUT2D eigenvalue weighted by Gasteiger charge is 2.28. The summed E-state index contributed by atoms with van der Waals surface area (Å²) >= 11 is 0. The molecule has 2 aromatic rings. The first-order valence-electron chi connectivity index (χ1n) is 15.8. The molecule has 0 spiro atoms. The summed E-state index contributed by atoms with van der Waals surface area (Å²) in [7, 11) is 0. The van der Waals surface area contributed by atoms with Crippen molar-refractivity contribution < 1.29 is 37.0 Å². The van der Waals surface area contributed by atoms with Gasteiger partial charge in [-0.25, -0.2) is 27.2 Å². The molecule has 256 valence electrons. The molecule has 4 heterocycles. The highest BCUT2D eigenvalue weighted by atomic mass is 19.1. The Bertz CT molecular complexity index is 1440. The van der Waals surface area contributed by atoms with Crippen LogP contribution in [0.5, 0.6) is 0 Å². The molecule has 0 aromatic carbocycles. The average Bonchev–Trinajstić information content (AvgIpc) is 2.97. The van der Waals surface area contributed by atoms with Gasteiger partial charge in [0.15, 0.2) is 11.6 Å². The zero-order valence-electron chi connectivity index (χ0n) is 26.6. The number of likely N-dealkylation sites (tertiary alicyclic amines) is 2. The standard InChI is InChI=1S/C17H24F2N2O3.C15H20F2N2O3/c1-3-5-15(17(23)24-4-2)21-9-12(8-14(19)16(21)22)6-7-20-10-13(18)11-20;1-2-3-13(15(21)22)19-7-10(6-12(17)14(19)20)4-5-18-8-11(16)9-18/h8-9,13,15H,3-7,10-11H2,1-2H3;6-7,11,13H,2-5,8-9H2,1H3,(H,21,22). The molecule has 14 heteroatoms. The lowest BCUT2D eigenvalue weighted by molar-refractivity contribution is -0.147. The van der Waals surface area contributed by atoms with Gasteiger partial charge in [0.2, 0.25) is 0 Å². The van der Waals surface area contributed by atoms with Crippen molar-refractivity contribution in [2.45, 2.75) is 83.7 Å². The molecule has 0 amide bonds. The smallest absolute Gasteiger partial charge is 0.329 e. The Morgan fingerprint density at radius 2 is 1.22 bits per heavy atom. The van der Waals surface area contributed by atoms with E-state index in [1.807, 2.05) is 16.7 Å². The van der Waals surface area contributed by atoms with Crippen molar-refractivity contribution in [2.24, 2.45) is 0 Å². The minimum Gasteiger partial charge on any atom is -0.480 e. The van der Waals surface area contributed by atoms with Gasteiger partial charge in [-0.3, -0.25) is 28.5 Å². The molecule has 2 atom stereocenters. The number of aliphatic carboxylic acids is 1. The number of ether oxygens (including phenoxy) is 1. The lowest BCUT2D eigenvalue weighted by atomic mass is 10.1. The summed E-state index contributed by atoms with van der Waals surface area (Å²) in [4.78, 5) is 51.2. The van der Waals surface area contributed by atoms with Gasteiger partial charge in [-0.15, -0.1) is 0 Å². The van der Waals surface area contributed by atoms with Crippen LogP contribution < -0.4 is 11.1 Å². The van der Waals surface area contributed by atoms with Gasteiger partial charge in [-0.2, -0.15) is 0 Å². The molecule has 2 aliphatic heterocycles. The predicted molar refractivity (Wildman–Crippen MR) is 164 cm³/mol. The molecule has 0 saturated carbocycles. The van der Waals surface area contributed by atoms with Gasteiger partial charge in [-0.05, 0) is 55.9 Å². The zero-order chi connectivity index (χ0) is 34.0. The van der Waals surface area contributed by atoms with E-state index in [1.54, 1.807) is 13.8 Å². The average molecular weight is 657 g/mol. The summed E-state index contributed by atoms with van der Waals surface area (Å²) in [5.74, 6) is -3.51. The number of hydrogen-bond donors (Lipinski definition) is 1. The van der Waals surface area contributed by atoms with Crippen molar-refractivity contribution >= 4 is 11.9 Å². The van der Waals surface area contributed by atoms with Crippen LogP contribution in [0.4, 0.5) is 17.6 Å². The van der Waals surface area contributed by atoms with Gasteiger partial charge in [0.1, 0.15) is 24.4 Å². The molecule has 2 aliphatic rings. The van der Waals surface area contributed by atoms with E-state index in [-0.39, 0.29) is 13.0 Å². The van der Waals surface area contributed by atoms with Gasteiger partial charge in [0, 0.05) is 51.7 Å². The third kappa shape index (κ3) is 9.99. The highest BCUT2D eigenvalue weighted by Crippen LogP contribution is 2.18. The molecule has 0 radical (unpaired) electrons. The number of pyridine rings is 2. The van der Waals surface area contributed by atoms with Gasteiger partial charge in [-0.1, -0.05) is 26.7 Å². The van der Waals surface area contributed by atoms with Crippen molar-refractivity contribution in [1.82, 2.24) is 18.9 Å². The molecular formula is C32H44F4N4O6. The van der Waals surface area contributed by atoms with Crippen molar-refractivity contribution in [3.8, 4) is 0 Å². The first-order chi connectivity index (χ1) is 21.9. The Labute approximate surface area is 265 Å². The number of nitrogens with zero attached hydrogens (tertiary/aromatic N) is 4. The Hall–Kier alpha value is -3.52. The second kappa shape index (κ2) is 17.4. The van der Waals surface area contributed by atoms with Crippen LogP contribution in [0.15, 0.2) is 34.1 Å². The Morgan fingerprint density at radius 3 is 1.59 bits per heavy atom. The van der Waals surface area contributed by atoms with Gasteiger partial charge in [0.05, 0.1) is 6.61 Å². The Kier molecular flexibility index (Phi) is 14.0. The molecule has 2 saturated heterocycles. The van der Waals surface area contributed by atoms with E-state index in [0.29, 0.717) is 82.5 Å². The number of aromatic nitrogens is 2. The lowest BCUT2D eigenvalue weighted by Crippen LogP contribution is -2.49. The minimum absolute atomic E-state index is 0.204. The number of carbonyl (C=O) groups is 2. The minimum atomic E-state index is -1.15. The van der Waals surface area contributed by atoms with Crippen molar-refractivity contribution in [2.75, 3.05) is 45.9 Å². The van der Waals surface area contributed by atoms with E-state index in [1.165, 1.54) is 18.5 Å². The van der Waals surface area contributed by atoms with Crippen molar-refractivity contribution in [1.29, 1.82) is 0 Å². The maximum atomic E-state index is 14.0. The quantitative estimate of drug-likeness (QED) is 0.228. The van der Waals surface area contributed by atoms with Gasteiger partial charge >= 0.3 is 11.9 Å². The first-order valence-corrected chi connectivity index (χ1v) is 15.8. The number of rotatable bonds is 15. The molecule has 0 aliphatic carbocycles. The van der Waals surface area contributed by atoms with Crippen LogP contribution in [-0.2, 0) is 27.2 Å². The summed E-state index contributed by atoms with van der Waals surface area (Å²) < 4.78 is 60.5. The fourth-order valence-corrected chi connectivity index (χ4v) is 5.47. The zero-order valence-corrected chi connectivity index (χ0v) is 26.6. The molecule has 2 aromatic heterocycles. The monoisotopic (exact) mass is 656 g/mol. The largest absolute Gasteiger partial charge is 0.480 e. The highest BCUT2D eigenvalue weighted by molar-refractivity contribution is 5.74. The Balaban J connectivity index is 0.000000251. The van der Waals surface area contributed by atoms with Crippen LogP contribution in [0.2, 0.25) is 0 Å². The number of hydrogen-bond acceptors (Lipinski definition) is 7. The molecule has 2 fully saturated rings. The number of halogens is 4. The number of esters is 1. The summed E-state index contributed by atoms with van der Waals surface area (Å²) in [6.45, 7) is 8.26. The molecule has 2 unspecified atom stereocenters. The van der Waals surface area contributed by atoms with Crippen molar-refractivity contribution in [3.05, 3.63) is 68.0 Å². The molecule has 1 N–H and O–H groups in total. The molecular weight excluding hydrogens is 612 g/mol. The third-order valence-corrected chi connectivity index (χ3v) is 8.01. The summed E-state index contributed by atoms with van der Waals surface area (Å²) in [6, 6.07) is 0.443. The lowest BCUT2D eigenvalue weighted by Gasteiger charge is -2.34. The normalized spacial score (nSPS) is 16.9. The Morgan fingerprint density at radius 1 is 0.804 bits per heavy atom. The summed E-state index contributed by atoms with van der Waals surface area (Å²) in [5, 5.41) is 9.23. The van der Waals surface area contributed by atoms with Crippen LogP contribution in [0, 0.1) is 11.6 Å². The van der Waals surface area contributed by atoms with Crippen LogP contribution in [-0.4, -0.2) is 94.2 Å². The van der Waals surface area contributed by atoms with E-state index in [2.05, 4.69) is 0 Å². The second-order valence-electron chi connectivity index (χ2n) is 11.7. The van der Waals surface area contributed by atoms with Crippen molar-refractivity contribution in [3.63, 3.8) is 0 Å². The molecule has 46 heavy (non-hydrogen) atoms. The van der Waals surface area contributed by atoms with Crippen LogP contribution in [0.25, 0.3) is 0 Å². The van der Waals surface area contributed by atoms with E-state index in [0.717, 1.165) is 15.2 Å². The number of alkyl halides is 2. The maximum absolute atomic E-state index is 14.0. The van der Waals surface area contributed by atoms with E-state index < -0.39 is 59.1 Å². The summed E-state index contributed by atoms with van der Waals surface area (Å²) in [5.41, 5.74) is -0.586. The molecule has 0 bridgehead atoms. The SMILES string of the molecule is CCCC(C(=O)O)n1cc(CCN2CC(F)C2)cc(F)c1=O.CCCC(C(=O)OCC)n1cc(CCN2CC(F)C2)cc(F)c1=O. The van der Waals surface area contributed by atoms with Crippen LogP contribution in [0.1, 0.15) is 69.7 Å². The molecule has 4 rings (SSSR count). The predicted octanol–water partition coefficient (Wildman–Crippen LogP) is 3.70. The summed E-state index contributed by atoms with van der Waals surface area (Å²) in [6.07, 6.45) is 4.18. The van der Waals surface area contributed by atoms with Crippen LogP contribution >= 0.6 is 0 Å².